The van der Waals surface area contributed by atoms with Gasteiger partial charge in [0.2, 0.25) is 0 Å². The van der Waals surface area contributed by atoms with E-state index in [4.69, 9.17) is 16.3 Å². The summed E-state index contributed by atoms with van der Waals surface area (Å²) >= 11 is 5.84. The van der Waals surface area contributed by atoms with Gasteiger partial charge in [0.15, 0.2) is 0 Å². The van der Waals surface area contributed by atoms with Crippen LogP contribution in [0.15, 0.2) is 24.3 Å². The van der Waals surface area contributed by atoms with Gasteiger partial charge in [-0.3, -0.25) is 0 Å². The fourth-order valence-corrected chi connectivity index (χ4v) is 3.57. The topological polar surface area (TPSA) is 41.6 Å². The van der Waals surface area contributed by atoms with Crippen LogP contribution in [0.3, 0.4) is 0 Å². The smallest absolute Gasteiger partial charge is 0.410 e. The molecule has 4 nitrogen and oxygen atoms in total. The average molecular weight is 367 g/mol. The van der Waals surface area contributed by atoms with Gasteiger partial charge in [0.05, 0.1) is 0 Å². The molecule has 0 radical (unpaired) electrons. The second-order valence-electron chi connectivity index (χ2n) is 7.06. The third-order valence-corrected chi connectivity index (χ3v) is 5.40. The zero-order valence-electron chi connectivity index (χ0n) is 15.5. The van der Waals surface area contributed by atoms with Crippen molar-refractivity contribution in [2.75, 3.05) is 26.7 Å². The number of hydrogen-bond acceptors (Lipinski definition) is 3. The minimum Gasteiger partial charge on any atom is -0.410 e. The molecule has 0 saturated heterocycles. The number of nitrogens with one attached hydrogen (secondary N) is 1. The van der Waals surface area contributed by atoms with Crippen molar-refractivity contribution in [1.82, 2.24) is 10.2 Å². The van der Waals surface area contributed by atoms with Gasteiger partial charge in [-0.15, -0.1) is 0 Å². The number of ether oxygens (including phenoxy) is 1. The van der Waals surface area contributed by atoms with Gasteiger partial charge in [0, 0.05) is 18.6 Å². The van der Waals surface area contributed by atoms with Crippen molar-refractivity contribution in [3.8, 4) is 5.75 Å². The summed E-state index contributed by atoms with van der Waals surface area (Å²) in [5.41, 5.74) is 0. The zero-order valence-corrected chi connectivity index (χ0v) is 16.2. The average Bonchev–Trinajstić information content (AvgIpc) is 2.63. The van der Waals surface area contributed by atoms with Crippen molar-refractivity contribution in [3.63, 3.8) is 0 Å². The summed E-state index contributed by atoms with van der Waals surface area (Å²) < 4.78 is 5.36. The van der Waals surface area contributed by atoms with Crippen LogP contribution in [-0.2, 0) is 0 Å². The van der Waals surface area contributed by atoms with Gasteiger partial charge >= 0.3 is 6.09 Å². The molecule has 0 bridgehead atoms. The maximum atomic E-state index is 12.1. The van der Waals surface area contributed by atoms with E-state index < -0.39 is 0 Å². The predicted octanol–water partition coefficient (Wildman–Crippen LogP) is 4.97. The van der Waals surface area contributed by atoms with Gasteiger partial charge in [0.1, 0.15) is 5.75 Å². The predicted molar refractivity (Wildman–Crippen MR) is 103 cm³/mol. The summed E-state index contributed by atoms with van der Waals surface area (Å²) in [4.78, 5) is 13.8. The molecule has 0 aliphatic heterocycles. The van der Waals surface area contributed by atoms with E-state index in [2.05, 4.69) is 12.2 Å². The first kappa shape index (κ1) is 20.1. The third kappa shape index (κ3) is 7.25. The molecule has 1 aliphatic carbocycles. The Bertz CT molecular complexity index is 513. The Labute approximate surface area is 156 Å². The molecular formula is C20H31ClN2O2. The van der Waals surface area contributed by atoms with E-state index in [-0.39, 0.29) is 6.09 Å². The molecule has 1 fully saturated rings. The lowest BCUT2D eigenvalue weighted by Crippen LogP contribution is -2.32. The second-order valence-corrected chi connectivity index (χ2v) is 7.50. The van der Waals surface area contributed by atoms with Crippen molar-refractivity contribution < 1.29 is 9.53 Å². The Morgan fingerprint density at radius 2 is 1.76 bits per heavy atom. The van der Waals surface area contributed by atoms with E-state index in [1.165, 1.54) is 32.1 Å². The molecule has 5 heteroatoms. The third-order valence-electron chi connectivity index (χ3n) is 5.15. The highest BCUT2D eigenvalue weighted by Gasteiger charge is 2.22. The number of amides is 1. The van der Waals surface area contributed by atoms with E-state index in [0.29, 0.717) is 10.8 Å². The summed E-state index contributed by atoms with van der Waals surface area (Å²) in [6.07, 6.45) is 7.29. The minimum atomic E-state index is -0.304. The molecule has 1 aliphatic rings. The highest BCUT2D eigenvalue weighted by Crippen LogP contribution is 2.32. The molecule has 0 atom stereocenters. The van der Waals surface area contributed by atoms with Crippen LogP contribution in [0.25, 0.3) is 0 Å². The number of benzene rings is 1. The molecule has 1 saturated carbocycles. The van der Waals surface area contributed by atoms with E-state index in [1.807, 2.05) is 0 Å². The molecule has 1 aromatic carbocycles. The maximum Gasteiger partial charge on any atom is 0.414 e. The Morgan fingerprint density at radius 1 is 1.16 bits per heavy atom. The van der Waals surface area contributed by atoms with Gasteiger partial charge < -0.3 is 15.0 Å². The summed E-state index contributed by atoms with van der Waals surface area (Å²) in [6, 6.07) is 6.86. The quantitative estimate of drug-likeness (QED) is 0.660. The van der Waals surface area contributed by atoms with E-state index >= 15 is 0 Å². The van der Waals surface area contributed by atoms with Crippen LogP contribution < -0.4 is 10.1 Å². The zero-order chi connectivity index (χ0) is 18.1. The molecule has 1 aromatic rings. The second kappa shape index (κ2) is 10.7. The first-order valence-corrected chi connectivity index (χ1v) is 9.85. The van der Waals surface area contributed by atoms with Crippen LogP contribution in [0.2, 0.25) is 5.02 Å². The van der Waals surface area contributed by atoms with Crippen molar-refractivity contribution in [3.05, 3.63) is 29.3 Å². The van der Waals surface area contributed by atoms with Crippen LogP contribution in [0.4, 0.5) is 4.79 Å². The Balaban J connectivity index is 1.64. The van der Waals surface area contributed by atoms with Crippen LogP contribution in [0, 0.1) is 11.8 Å². The number of rotatable bonds is 8. The van der Waals surface area contributed by atoms with Gasteiger partial charge in [-0.1, -0.05) is 44.2 Å². The molecule has 25 heavy (non-hydrogen) atoms. The molecule has 0 spiro atoms. The highest BCUT2D eigenvalue weighted by molar-refractivity contribution is 6.30. The van der Waals surface area contributed by atoms with Crippen LogP contribution in [0.5, 0.6) is 5.75 Å². The number of nitrogens with zero attached hydrogens (tertiary/aromatic N) is 1. The molecule has 0 heterocycles. The fraction of sp³-hybridized carbons (Fsp3) is 0.650. The van der Waals surface area contributed by atoms with E-state index in [0.717, 1.165) is 37.9 Å². The Hall–Kier alpha value is -1.26. The molecule has 140 valence electrons. The molecule has 1 N–H and O–H groups in total. The van der Waals surface area contributed by atoms with Crippen LogP contribution in [0.1, 0.15) is 45.4 Å². The monoisotopic (exact) mass is 366 g/mol. The van der Waals surface area contributed by atoms with Gasteiger partial charge in [-0.2, -0.15) is 0 Å². The van der Waals surface area contributed by atoms with Crippen molar-refractivity contribution in [2.24, 2.45) is 11.8 Å². The number of halogens is 1. The van der Waals surface area contributed by atoms with E-state index in [1.54, 1.807) is 36.2 Å². The number of hydrogen-bond donors (Lipinski definition) is 1. The molecular weight excluding hydrogens is 336 g/mol. The summed E-state index contributed by atoms with van der Waals surface area (Å²) in [7, 11) is 1.81. The number of carbonyl (C=O) groups is 1. The molecule has 0 aromatic heterocycles. The summed E-state index contributed by atoms with van der Waals surface area (Å²) in [6.45, 7) is 5.11. The van der Waals surface area contributed by atoms with Crippen molar-refractivity contribution in [2.45, 2.75) is 45.4 Å². The van der Waals surface area contributed by atoms with Crippen molar-refractivity contribution in [1.29, 1.82) is 0 Å². The summed E-state index contributed by atoms with van der Waals surface area (Å²) in [5, 5.41) is 4.05. The first-order chi connectivity index (χ1) is 12.1. The molecule has 2 rings (SSSR count). The first-order valence-electron chi connectivity index (χ1n) is 9.47. The normalized spacial score (nSPS) is 20.3. The SMILES string of the molecule is CCNCC[C@H]1CC[C@H](CCN(C)C(=O)Oc2ccc(Cl)cc2)CC1. The largest absolute Gasteiger partial charge is 0.414 e. The van der Waals surface area contributed by atoms with Gasteiger partial charge in [-0.25, -0.2) is 4.79 Å². The lowest BCUT2D eigenvalue weighted by molar-refractivity contribution is 0.156. The lowest BCUT2D eigenvalue weighted by Gasteiger charge is -2.29. The van der Waals surface area contributed by atoms with Gasteiger partial charge in [-0.05, 0) is 62.0 Å². The Kier molecular flexibility index (Phi) is 8.56. The molecule has 0 unspecified atom stereocenters. The van der Waals surface area contributed by atoms with Crippen LogP contribution >= 0.6 is 11.6 Å². The van der Waals surface area contributed by atoms with E-state index in [9.17, 15) is 4.79 Å². The molecule has 1 amide bonds. The maximum absolute atomic E-state index is 12.1. The van der Waals surface area contributed by atoms with Crippen LogP contribution in [-0.4, -0.2) is 37.7 Å². The standard InChI is InChI=1S/C20H31ClN2O2/c1-3-22-14-12-16-4-6-17(7-5-16)13-15-23(2)20(24)25-19-10-8-18(21)9-11-19/h8-11,16-17,22H,3-7,12-15H2,1-2H3/t16-,17-. The minimum absolute atomic E-state index is 0.304. The Morgan fingerprint density at radius 3 is 2.36 bits per heavy atom. The number of carbonyl (C=O) groups excluding carboxylic acids is 1. The van der Waals surface area contributed by atoms with Gasteiger partial charge in [0.25, 0.3) is 0 Å². The fourth-order valence-electron chi connectivity index (χ4n) is 3.44. The lowest BCUT2D eigenvalue weighted by atomic mass is 9.79. The summed E-state index contributed by atoms with van der Waals surface area (Å²) in [5.74, 6) is 2.14. The highest BCUT2D eigenvalue weighted by atomic mass is 35.5. The van der Waals surface area contributed by atoms with Crippen molar-refractivity contribution >= 4 is 17.7 Å².